The highest BCUT2D eigenvalue weighted by atomic mass is 16.5. The molecule has 1 saturated carbocycles. The van der Waals surface area contributed by atoms with E-state index < -0.39 is 0 Å². The quantitative estimate of drug-likeness (QED) is 0.746. The Morgan fingerprint density at radius 3 is 2.78 bits per heavy atom. The van der Waals surface area contributed by atoms with Gasteiger partial charge in [-0.3, -0.25) is 9.59 Å². The Hall–Kier alpha value is -2.70. The van der Waals surface area contributed by atoms with Crippen molar-refractivity contribution in [3.63, 3.8) is 0 Å². The van der Waals surface area contributed by atoms with Gasteiger partial charge in [0.05, 0.1) is 6.54 Å². The third kappa shape index (κ3) is 4.18. The molecule has 2 fully saturated rings. The Morgan fingerprint density at radius 2 is 2.04 bits per heavy atom. The summed E-state index contributed by atoms with van der Waals surface area (Å²) in [6.07, 6.45) is 3.26. The monoisotopic (exact) mass is 368 g/mol. The Balaban J connectivity index is 1.27. The topological polar surface area (TPSA) is 79.5 Å². The van der Waals surface area contributed by atoms with Crippen LogP contribution in [-0.2, 0) is 16.0 Å². The molecule has 1 atom stereocenters. The van der Waals surface area contributed by atoms with Crippen LogP contribution in [-0.4, -0.2) is 58.4 Å². The highest BCUT2D eigenvalue weighted by molar-refractivity contribution is 5.86. The first-order valence-corrected chi connectivity index (χ1v) is 9.49. The zero-order valence-corrected chi connectivity index (χ0v) is 15.5. The number of likely N-dealkylation sites (N-methyl/N-ethyl adjacent to an activating group) is 1. The second-order valence-corrected chi connectivity index (χ2v) is 7.47. The molecule has 1 aromatic carbocycles. The van der Waals surface area contributed by atoms with Gasteiger partial charge >= 0.3 is 0 Å². The fourth-order valence-electron chi connectivity index (χ4n) is 3.41. The highest BCUT2D eigenvalue weighted by Gasteiger charge is 2.32. The minimum atomic E-state index is -0.0667. The van der Waals surface area contributed by atoms with Crippen LogP contribution >= 0.6 is 0 Å². The number of likely N-dealkylation sites (tertiary alicyclic amines) is 1. The summed E-state index contributed by atoms with van der Waals surface area (Å²) in [4.78, 5) is 32.5. The summed E-state index contributed by atoms with van der Waals surface area (Å²) < 4.78 is 5.24. The minimum absolute atomic E-state index is 0.0397. The third-order valence-electron chi connectivity index (χ3n) is 5.32. The molecule has 2 amide bonds. The summed E-state index contributed by atoms with van der Waals surface area (Å²) in [7, 11) is 1.75. The third-order valence-corrected chi connectivity index (χ3v) is 5.32. The van der Waals surface area contributed by atoms with Crippen LogP contribution in [0.5, 0.6) is 0 Å². The van der Waals surface area contributed by atoms with Gasteiger partial charge in [-0.25, -0.2) is 0 Å². The first kappa shape index (κ1) is 17.7. The summed E-state index contributed by atoms with van der Waals surface area (Å²) in [6.45, 7) is 1.23. The van der Waals surface area contributed by atoms with Crippen molar-refractivity contribution in [2.75, 3.05) is 26.7 Å². The molecule has 1 aliphatic carbocycles. The van der Waals surface area contributed by atoms with Gasteiger partial charge in [-0.2, -0.15) is 4.98 Å². The van der Waals surface area contributed by atoms with Crippen LogP contribution in [0.25, 0.3) is 0 Å². The number of rotatable bonds is 7. The molecule has 0 N–H and O–H groups in total. The zero-order valence-electron chi connectivity index (χ0n) is 15.5. The van der Waals surface area contributed by atoms with Crippen LogP contribution in [0.1, 0.15) is 48.4 Å². The van der Waals surface area contributed by atoms with Crippen LogP contribution in [0, 0.1) is 0 Å². The Morgan fingerprint density at radius 1 is 1.26 bits per heavy atom. The summed E-state index contributed by atoms with van der Waals surface area (Å²) in [5.41, 5.74) is 1.15. The van der Waals surface area contributed by atoms with Gasteiger partial charge in [-0.1, -0.05) is 35.5 Å². The van der Waals surface area contributed by atoms with Gasteiger partial charge in [-0.05, 0) is 18.4 Å². The predicted molar refractivity (Wildman–Crippen MR) is 98.0 cm³/mol. The second kappa shape index (κ2) is 7.50. The predicted octanol–water partition coefficient (Wildman–Crippen LogP) is 1.96. The summed E-state index contributed by atoms with van der Waals surface area (Å²) >= 11 is 0. The number of benzene rings is 1. The molecule has 2 aromatic rings. The number of hydrogen-bond donors (Lipinski definition) is 0. The van der Waals surface area contributed by atoms with E-state index in [9.17, 15) is 9.59 Å². The van der Waals surface area contributed by atoms with E-state index in [0.717, 1.165) is 18.4 Å². The fourth-order valence-corrected chi connectivity index (χ4v) is 3.41. The number of hydrogen-bond acceptors (Lipinski definition) is 5. The van der Waals surface area contributed by atoms with Gasteiger partial charge in [-0.15, -0.1) is 0 Å². The van der Waals surface area contributed by atoms with Gasteiger partial charge in [0.25, 0.3) is 0 Å². The van der Waals surface area contributed by atoms with E-state index in [4.69, 9.17) is 4.52 Å². The van der Waals surface area contributed by atoms with Crippen molar-refractivity contribution in [1.82, 2.24) is 19.9 Å². The van der Waals surface area contributed by atoms with E-state index >= 15 is 0 Å². The summed E-state index contributed by atoms with van der Waals surface area (Å²) in [6, 6.07) is 10.0. The van der Waals surface area contributed by atoms with Crippen LogP contribution in [0.4, 0.5) is 0 Å². The highest BCUT2D eigenvalue weighted by Crippen LogP contribution is 2.38. The van der Waals surface area contributed by atoms with E-state index in [-0.39, 0.29) is 24.3 Å². The molecule has 0 radical (unpaired) electrons. The van der Waals surface area contributed by atoms with Crippen molar-refractivity contribution in [3.05, 3.63) is 47.6 Å². The van der Waals surface area contributed by atoms with Gasteiger partial charge in [0.2, 0.25) is 17.7 Å². The SMILES string of the molecule is CN(CCc1noc(C2CC2)n1)C(=O)CN1C[C@@H](c2ccccc2)CC1=O. The molecule has 0 unspecified atom stereocenters. The number of amides is 2. The fraction of sp³-hybridized carbons (Fsp3) is 0.500. The van der Waals surface area contributed by atoms with E-state index in [0.29, 0.717) is 43.6 Å². The zero-order chi connectivity index (χ0) is 18.8. The molecular weight excluding hydrogens is 344 g/mol. The molecule has 142 valence electrons. The molecular formula is C20H24N4O3. The van der Waals surface area contributed by atoms with Crippen molar-refractivity contribution in [3.8, 4) is 0 Å². The van der Waals surface area contributed by atoms with E-state index in [2.05, 4.69) is 10.1 Å². The summed E-state index contributed by atoms with van der Waals surface area (Å²) in [5, 5.41) is 3.98. The standard InChI is InChI=1S/C20H24N4O3/c1-23(10-9-17-21-20(27-22-17)15-7-8-15)19(26)13-24-12-16(11-18(24)25)14-5-3-2-4-6-14/h2-6,15-16H,7-13H2,1H3/t16-/m0/s1. The van der Waals surface area contributed by atoms with E-state index in [1.54, 1.807) is 16.8 Å². The number of carbonyl (C=O) groups is 2. The number of nitrogens with zero attached hydrogens (tertiary/aromatic N) is 4. The maximum Gasteiger partial charge on any atom is 0.241 e. The molecule has 1 saturated heterocycles. The lowest BCUT2D eigenvalue weighted by atomic mass is 9.99. The molecule has 7 nitrogen and oxygen atoms in total. The van der Waals surface area contributed by atoms with Crippen LogP contribution < -0.4 is 0 Å². The first-order chi connectivity index (χ1) is 13.1. The maximum absolute atomic E-state index is 12.5. The van der Waals surface area contributed by atoms with Crippen molar-refractivity contribution < 1.29 is 14.1 Å². The Kier molecular flexibility index (Phi) is 4.92. The normalized spacial score (nSPS) is 19.5. The lowest BCUT2D eigenvalue weighted by Crippen LogP contribution is -2.40. The molecule has 0 spiro atoms. The molecule has 2 aliphatic rings. The van der Waals surface area contributed by atoms with E-state index in [1.807, 2.05) is 30.3 Å². The van der Waals surface area contributed by atoms with Crippen molar-refractivity contribution in [2.45, 2.75) is 37.5 Å². The summed E-state index contributed by atoms with van der Waals surface area (Å²) in [5.74, 6) is 1.92. The Bertz CT molecular complexity index is 816. The average molecular weight is 368 g/mol. The molecule has 1 aliphatic heterocycles. The molecule has 0 bridgehead atoms. The second-order valence-electron chi connectivity index (χ2n) is 7.47. The van der Waals surface area contributed by atoms with Gasteiger partial charge < -0.3 is 14.3 Å². The van der Waals surface area contributed by atoms with Gasteiger partial charge in [0, 0.05) is 44.8 Å². The van der Waals surface area contributed by atoms with Crippen LogP contribution in [0.3, 0.4) is 0 Å². The molecule has 4 rings (SSSR count). The van der Waals surface area contributed by atoms with Crippen LogP contribution in [0.2, 0.25) is 0 Å². The Labute approximate surface area is 158 Å². The lowest BCUT2D eigenvalue weighted by Gasteiger charge is -2.21. The smallest absolute Gasteiger partial charge is 0.241 e. The lowest BCUT2D eigenvalue weighted by molar-refractivity contribution is -0.137. The number of carbonyl (C=O) groups excluding carboxylic acids is 2. The van der Waals surface area contributed by atoms with Crippen molar-refractivity contribution >= 4 is 11.8 Å². The first-order valence-electron chi connectivity index (χ1n) is 9.49. The number of aromatic nitrogens is 2. The van der Waals surface area contributed by atoms with Crippen molar-refractivity contribution in [2.24, 2.45) is 0 Å². The van der Waals surface area contributed by atoms with Crippen LogP contribution in [0.15, 0.2) is 34.9 Å². The average Bonchev–Trinajstić information content (AvgIpc) is 3.32. The van der Waals surface area contributed by atoms with Gasteiger partial charge in [0.15, 0.2) is 5.82 Å². The van der Waals surface area contributed by atoms with Crippen molar-refractivity contribution in [1.29, 1.82) is 0 Å². The molecule has 1 aromatic heterocycles. The van der Waals surface area contributed by atoms with E-state index in [1.165, 1.54) is 0 Å². The largest absolute Gasteiger partial charge is 0.344 e. The maximum atomic E-state index is 12.5. The molecule has 7 heteroatoms. The molecule has 27 heavy (non-hydrogen) atoms. The van der Waals surface area contributed by atoms with Gasteiger partial charge in [0.1, 0.15) is 0 Å². The molecule has 2 heterocycles. The minimum Gasteiger partial charge on any atom is -0.344 e.